The molecule has 102 valence electrons. The highest BCUT2D eigenvalue weighted by molar-refractivity contribution is 5.78. The second-order valence-electron chi connectivity index (χ2n) is 4.51. The molecular weight excluding hydrogens is 230 g/mol. The van der Waals surface area contributed by atoms with Crippen LogP contribution < -0.4 is 5.32 Å². The normalized spacial score (nSPS) is 12.5. The number of carbonyl (C=O) groups is 1. The lowest BCUT2D eigenvalue weighted by atomic mass is 10.1. The van der Waals surface area contributed by atoms with Crippen LogP contribution in [-0.4, -0.2) is 28.4 Å². The van der Waals surface area contributed by atoms with Gasteiger partial charge < -0.3 is 10.1 Å². The van der Waals surface area contributed by atoms with Crippen molar-refractivity contribution in [2.24, 2.45) is 0 Å². The van der Waals surface area contributed by atoms with E-state index in [2.05, 4.69) is 24.3 Å². The lowest BCUT2D eigenvalue weighted by Crippen LogP contribution is -2.31. The number of rotatable bonds is 7. The Labute approximate surface area is 109 Å². The standard InChI is InChI=1S/C13H23N3O2/c1-5-7-11(13(17)18-6-2)14-12-8-9-16(15-12)10(3)4/h8-11H,5-7H2,1-4H3,(H,14,15). The highest BCUT2D eigenvalue weighted by atomic mass is 16.5. The average Bonchev–Trinajstić information content (AvgIpc) is 2.77. The molecule has 1 rings (SSSR count). The summed E-state index contributed by atoms with van der Waals surface area (Å²) in [5, 5.41) is 7.51. The predicted molar refractivity (Wildman–Crippen MR) is 71.6 cm³/mol. The molecule has 1 aromatic heterocycles. The number of ether oxygens (including phenoxy) is 1. The molecular formula is C13H23N3O2. The van der Waals surface area contributed by atoms with Gasteiger partial charge in [0.15, 0.2) is 0 Å². The molecule has 0 fully saturated rings. The van der Waals surface area contributed by atoms with E-state index in [4.69, 9.17) is 4.74 Å². The van der Waals surface area contributed by atoms with Gasteiger partial charge in [-0.3, -0.25) is 4.68 Å². The summed E-state index contributed by atoms with van der Waals surface area (Å²) in [7, 11) is 0. The number of nitrogens with one attached hydrogen (secondary N) is 1. The zero-order valence-electron chi connectivity index (χ0n) is 11.6. The molecule has 0 aliphatic carbocycles. The zero-order chi connectivity index (χ0) is 13.5. The number of anilines is 1. The van der Waals surface area contributed by atoms with Crippen molar-refractivity contribution in [3.05, 3.63) is 12.3 Å². The van der Waals surface area contributed by atoms with Crippen molar-refractivity contribution < 1.29 is 9.53 Å². The minimum atomic E-state index is -0.314. The summed E-state index contributed by atoms with van der Waals surface area (Å²) >= 11 is 0. The fourth-order valence-corrected chi connectivity index (χ4v) is 1.66. The minimum absolute atomic E-state index is 0.210. The Bertz CT molecular complexity index is 374. The topological polar surface area (TPSA) is 56.2 Å². The maximum atomic E-state index is 11.8. The van der Waals surface area contributed by atoms with Gasteiger partial charge >= 0.3 is 5.97 Å². The molecule has 5 nitrogen and oxygen atoms in total. The minimum Gasteiger partial charge on any atom is -0.464 e. The highest BCUT2D eigenvalue weighted by Crippen LogP contribution is 2.12. The molecule has 0 bridgehead atoms. The maximum absolute atomic E-state index is 11.8. The van der Waals surface area contributed by atoms with E-state index in [1.165, 1.54) is 0 Å². The Balaban J connectivity index is 2.66. The van der Waals surface area contributed by atoms with Gasteiger partial charge in [0.05, 0.1) is 6.61 Å². The first kappa shape index (κ1) is 14.5. The van der Waals surface area contributed by atoms with Crippen molar-refractivity contribution in [1.82, 2.24) is 9.78 Å². The third kappa shape index (κ3) is 4.05. The third-order valence-electron chi connectivity index (χ3n) is 2.61. The lowest BCUT2D eigenvalue weighted by Gasteiger charge is -2.16. The first-order chi connectivity index (χ1) is 8.58. The van der Waals surface area contributed by atoms with Crippen LogP contribution in [0, 0.1) is 0 Å². The molecule has 18 heavy (non-hydrogen) atoms. The summed E-state index contributed by atoms with van der Waals surface area (Å²) in [4.78, 5) is 11.8. The molecule has 1 aromatic rings. The molecule has 0 saturated heterocycles. The highest BCUT2D eigenvalue weighted by Gasteiger charge is 2.19. The molecule has 0 aliphatic heterocycles. The van der Waals surface area contributed by atoms with Gasteiger partial charge in [0, 0.05) is 18.3 Å². The first-order valence-electron chi connectivity index (χ1n) is 6.56. The van der Waals surface area contributed by atoms with E-state index in [0.717, 1.165) is 18.7 Å². The van der Waals surface area contributed by atoms with E-state index < -0.39 is 0 Å². The third-order valence-corrected chi connectivity index (χ3v) is 2.61. The van der Waals surface area contributed by atoms with Crippen LogP contribution in [0.4, 0.5) is 5.82 Å². The molecule has 0 saturated carbocycles. The number of nitrogens with zero attached hydrogens (tertiary/aromatic N) is 2. The molecule has 0 aliphatic rings. The summed E-state index contributed by atoms with van der Waals surface area (Å²) in [6.07, 6.45) is 3.57. The van der Waals surface area contributed by atoms with Gasteiger partial charge in [-0.1, -0.05) is 13.3 Å². The molecule has 1 atom stereocenters. The van der Waals surface area contributed by atoms with Crippen LogP contribution in [0.25, 0.3) is 0 Å². The Morgan fingerprint density at radius 3 is 2.72 bits per heavy atom. The van der Waals surface area contributed by atoms with Crippen molar-refractivity contribution in [3.63, 3.8) is 0 Å². The van der Waals surface area contributed by atoms with Crippen LogP contribution in [0.2, 0.25) is 0 Å². The number of esters is 1. The van der Waals surface area contributed by atoms with Crippen molar-refractivity contribution >= 4 is 11.8 Å². The maximum Gasteiger partial charge on any atom is 0.328 e. The zero-order valence-corrected chi connectivity index (χ0v) is 11.6. The number of aromatic nitrogens is 2. The summed E-state index contributed by atoms with van der Waals surface area (Å²) in [6, 6.07) is 1.88. The number of hydrogen-bond acceptors (Lipinski definition) is 4. The molecule has 0 spiro atoms. The van der Waals surface area contributed by atoms with Gasteiger partial charge in [0.2, 0.25) is 0 Å². The number of hydrogen-bond donors (Lipinski definition) is 1. The quantitative estimate of drug-likeness (QED) is 0.759. The van der Waals surface area contributed by atoms with Crippen LogP contribution >= 0.6 is 0 Å². The van der Waals surface area contributed by atoms with Gasteiger partial charge in [-0.25, -0.2) is 4.79 Å². The summed E-state index contributed by atoms with van der Waals surface area (Å²) in [6.45, 7) is 8.38. The second-order valence-corrected chi connectivity index (χ2v) is 4.51. The van der Waals surface area contributed by atoms with Crippen molar-refractivity contribution in [1.29, 1.82) is 0 Å². The Hall–Kier alpha value is -1.52. The largest absolute Gasteiger partial charge is 0.464 e. The molecule has 1 unspecified atom stereocenters. The Kier molecular flexibility index (Phi) is 5.68. The monoisotopic (exact) mass is 253 g/mol. The van der Waals surface area contributed by atoms with E-state index in [1.807, 2.05) is 30.8 Å². The molecule has 1 heterocycles. The summed E-state index contributed by atoms with van der Waals surface area (Å²) in [5.41, 5.74) is 0. The number of carbonyl (C=O) groups excluding carboxylic acids is 1. The van der Waals surface area contributed by atoms with Crippen molar-refractivity contribution in [2.45, 2.75) is 52.6 Å². The molecule has 1 N–H and O–H groups in total. The van der Waals surface area contributed by atoms with Crippen LogP contribution in [0.1, 0.15) is 46.6 Å². The van der Waals surface area contributed by atoms with Gasteiger partial charge in [-0.2, -0.15) is 5.10 Å². The van der Waals surface area contributed by atoms with Gasteiger partial charge in [-0.05, 0) is 27.2 Å². The fraction of sp³-hybridized carbons (Fsp3) is 0.692. The van der Waals surface area contributed by atoms with Gasteiger partial charge in [-0.15, -0.1) is 0 Å². The summed E-state index contributed by atoms with van der Waals surface area (Å²) in [5.74, 6) is 0.508. The van der Waals surface area contributed by atoms with E-state index in [0.29, 0.717) is 12.6 Å². The van der Waals surface area contributed by atoms with Crippen molar-refractivity contribution in [3.8, 4) is 0 Å². The molecule has 0 amide bonds. The van der Waals surface area contributed by atoms with Gasteiger partial charge in [0.25, 0.3) is 0 Å². The average molecular weight is 253 g/mol. The SMILES string of the molecule is CCCC(Nc1ccn(C(C)C)n1)C(=O)OCC. The van der Waals surface area contributed by atoms with Gasteiger partial charge in [0.1, 0.15) is 11.9 Å². The molecule has 5 heteroatoms. The van der Waals surface area contributed by atoms with E-state index in [1.54, 1.807) is 0 Å². The van der Waals surface area contributed by atoms with Crippen LogP contribution in [-0.2, 0) is 9.53 Å². The van der Waals surface area contributed by atoms with E-state index >= 15 is 0 Å². The lowest BCUT2D eigenvalue weighted by molar-refractivity contribution is -0.144. The van der Waals surface area contributed by atoms with E-state index in [-0.39, 0.29) is 12.0 Å². The van der Waals surface area contributed by atoms with Crippen molar-refractivity contribution in [2.75, 3.05) is 11.9 Å². The predicted octanol–water partition coefficient (Wildman–Crippen LogP) is 2.61. The fourth-order valence-electron chi connectivity index (χ4n) is 1.66. The first-order valence-corrected chi connectivity index (χ1v) is 6.56. The van der Waals surface area contributed by atoms with Crippen LogP contribution in [0.5, 0.6) is 0 Å². The molecule has 0 aromatic carbocycles. The van der Waals surface area contributed by atoms with Crippen LogP contribution in [0.3, 0.4) is 0 Å². The Morgan fingerprint density at radius 2 is 2.22 bits per heavy atom. The van der Waals surface area contributed by atoms with E-state index in [9.17, 15) is 4.79 Å². The molecule has 0 radical (unpaired) electrons. The Morgan fingerprint density at radius 1 is 1.50 bits per heavy atom. The van der Waals surface area contributed by atoms with Crippen LogP contribution in [0.15, 0.2) is 12.3 Å². The second kappa shape index (κ2) is 7.03. The summed E-state index contributed by atoms with van der Waals surface area (Å²) < 4.78 is 6.90. The smallest absolute Gasteiger partial charge is 0.328 e.